The van der Waals surface area contributed by atoms with Crippen LogP contribution in [0.15, 0.2) is 46.0 Å². The quantitative estimate of drug-likeness (QED) is 0.654. The van der Waals surface area contributed by atoms with Crippen LogP contribution in [-0.4, -0.2) is 36.0 Å². The van der Waals surface area contributed by atoms with Crippen LogP contribution in [0.4, 0.5) is 4.39 Å². The van der Waals surface area contributed by atoms with Gasteiger partial charge in [-0.15, -0.1) is 21.5 Å². The van der Waals surface area contributed by atoms with Gasteiger partial charge in [0.15, 0.2) is 5.01 Å². The molecule has 26 heavy (non-hydrogen) atoms. The maximum Gasteiger partial charge on any atom is 0.252 e. The number of rotatable bonds is 4. The predicted octanol–water partition coefficient (Wildman–Crippen LogP) is 3.97. The first-order valence-electron chi connectivity index (χ1n) is 8.17. The Morgan fingerprint density at radius 3 is 2.77 bits per heavy atom. The number of thiophene rings is 1. The van der Waals surface area contributed by atoms with Gasteiger partial charge in [-0.3, -0.25) is 0 Å². The van der Waals surface area contributed by atoms with Gasteiger partial charge in [0.05, 0.1) is 0 Å². The molecule has 136 valence electrons. The third kappa shape index (κ3) is 3.32. The van der Waals surface area contributed by atoms with Crippen molar-refractivity contribution < 1.29 is 12.8 Å². The Hall–Kier alpha value is -1.68. The highest BCUT2D eigenvalue weighted by atomic mass is 32.2. The summed E-state index contributed by atoms with van der Waals surface area (Å²) in [5.74, 6) is -0.350. The van der Waals surface area contributed by atoms with Crippen LogP contribution in [0.5, 0.6) is 0 Å². The molecule has 1 aromatic carbocycles. The first kappa shape index (κ1) is 17.7. The van der Waals surface area contributed by atoms with E-state index in [0.29, 0.717) is 27.9 Å². The summed E-state index contributed by atoms with van der Waals surface area (Å²) in [4.78, 5) is 0. The lowest BCUT2D eigenvalue weighted by Gasteiger charge is -2.30. The van der Waals surface area contributed by atoms with Crippen molar-refractivity contribution in [1.29, 1.82) is 0 Å². The first-order chi connectivity index (χ1) is 12.6. The number of benzene rings is 1. The molecule has 4 rings (SSSR count). The van der Waals surface area contributed by atoms with E-state index in [4.69, 9.17) is 0 Å². The first-order valence-corrected chi connectivity index (χ1v) is 11.3. The number of halogens is 1. The molecule has 1 unspecified atom stereocenters. The molecule has 5 nitrogen and oxygen atoms in total. The third-order valence-electron chi connectivity index (χ3n) is 4.37. The van der Waals surface area contributed by atoms with Gasteiger partial charge in [0.1, 0.15) is 15.0 Å². The van der Waals surface area contributed by atoms with E-state index in [9.17, 15) is 12.8 Å². The Bertz CT molecular complexity index is 1000. The molecule has 0 saturated carbocycles. The summed E-state index contributed by atoms with van der Waals surface area (Å²) in [6, 6.07) is 9.83. The van der Waals surface area contributed by atoms with Gasteiger partial charge in [0.25, 0.3) is 10.0 Å². The fraction of sp³-hybridized carbons (Fsp3) is 0.294. The Morgan fingerprint density at radius 2 is 2.00 bits per heavy atom. The summed E-state index contributed by atoms with van der Waals surface area (Å²) in [5, 5.41) is 11.4. The minimum Gasteiger partial charge on any atom is -0.206 e. The van der Waals surface area contributed by atoms with Crippen molar-refractivity contribution in [2.75, 3.05) is 13.1 Å². The highest BCUT2D eigenvalue weighted by Crippen LogP contribution is 2.35. The number of sulfonamides is 1. The number of aromatic nitrogens is 2. The molecule has 0 N–H and O–H groups in total. The molecule has 0 amide bonds. The predicted molar refractivity (Wildman–Crippen MR) is 100 cm³/mol. The number of hydrogen-bond donors (Lipinski definition) is 0. The number of nitrogens with zero attached hydrogens (tertiary/aromatic N) is 3. The standard InChI is InChI=1S/C17H16FN3O2S3/c18-14-7-2-1-6-13(14)17-20-19-16(25-17)12-5-3-9-21(11-12)26(22,23)15-8-4-10-24-15/h1-2,4,6-8,10,12H,3,5,9,11H2. The van der Waals surface area contributed by atoms with Crippen LogP contribution in [0.2, 0.25) is 0 Å². The zero-order valence-corrected chi connectivity index (χ0v) is 16.2. The van der Waals surface area contributed by atoms with E-state index in [1.807, 2.05) is 0 Å². The summed E-state index contributed by atoms with van der Waals surface area (Å²) in [6.45, 7) is 0.891. The van der Waals surface area contributed by atoms with Gasteiger partial charge in [-0.2, -0.15) is 4.31 Å². The normalized spacial score (nSPS) is 18.9. The van der Waals surface area contributed by atoms with Gasteiger partial charge in [0, 0.05) is 24.6 Å². The number of piperidine rings is 1. The summed E-state index contributed by atoms with van der Waals surface area (Å²) < 4.78 is 41.3. The van der Waals surface area contributed by atoms with Gasteiger partial charge >= 0.3 is 0 Å². The van der Waals surface area contributed by atoms with Crippen LogP contribution in [0.3, 0.4) is 0 Å². The lowest BCUT2D eigenvalue weighted by atomic mass is 10.0. The van der Waals surface area contributed by atoms with Gasteiger partial charge in [-0.1, -0.05) is 29.5 Å². The average Bonchev–Trinajstić information content (AvgIpc) is 3.35. The summed E-state index contributed by atoms with van der Waals surface area (Å²) in [6.07, 6.45) is 1.62. The molecule has 0 aliphatic carbocycles. The molecule has 1 atom stereocenters. The fourth-order valence-corrected chi connectivity index (χ4v) is 6.71. The third-order valence-corrected chi connectivity index (χ3v) is 8.72. The Balaban J connectivity index is 1.57. The molecule has 3 heterocycles. The van der Waals surface area contributed by atoms with E-state index < -0.39 is 10.0 Å². The van der Waals surface area contributed by atoms with Crippen LogP contribution in [0.1, 0.15) is 23.8 Å². The van der Waals surface area contributed by atoms with Gasteiger partial charge in [-0.25, -0.2) is 12.8 Å². The molecule has 3 aromatic rings. The Kier molecular flexibility index (Phi) is 4.87. The fourth-order valence-electron chi connectivity index (χ4n) is 3.04. The van der Waals surface area contributed by atoms with Crippen molar-refractivity contribution in [3.63, 3.8) is 0 Å². The number of hydrogen-bond acceptors (Lipinski definition) is 6. The largest absolute Gasteiger partial charge is 0.252 e. The van der Waals surface area contributed by atoms with E-state index in [0.717, 1.165) is 17.8 Å². The van der Waals surface area contributed by atoms with Crippen LogP contribution < -0.4 is 0 Å². The van der Waals surface area contributed by atoms with Crippen molar-refractivity contribution in [3.05, 3.63) is 52.6 Å². The van der Waals surface area contributed by atoms with E-state index in [-0.39, 0.29) is 11.7 Å². The molecule has 9 heteroatoms. The minimum atomic E-state index is -3.46. The maximum absolute atomic E-state index is 14.0. The van der Waals surface area contributed by atoms with Crippen molar-refractivity contribution in [2.24, 2.45) is 0 Å². The van der Waals surface area contributed by atoms with Gasteiger partial charge in [0.2, 0.25) is 0 Å². The average molecular weight is 410 g/mol. The zero-order chi connectivity index (χ0) is 18.1. The minimum absolute atomic E-state index is 0.0171. The van der Waals surface area contributed by atoms with Crippen molar-refractivity contribution in [1.82, 2.24) is 14.5 Å². The molecule has 0 bridgehead atoms. The SMILES string of the molecule is O=S(=O)(c1cccs1)N1CCCC(c2nnc(-c3ccccc3F)s2)C1. The molecular weight excluding hydrogens is 393 g/mol. The van der Waals surface area contributed by atoms with Crippen molar-refractivity contribution in [3.8, 4) is 10.6 Å². The second-order valence-electron chi connectivity index (χ2n) is 6.06. The summed E-state index contributed by atoms with van der Waals surface area (Å²) in [5.41, 5.74) is 0.426. The van der Waals surface area contributed by atoms with Crippen molar-refractivity contribution in [2.45, 2.75) is 23.0 Å². The smallest absolute Gasteiger partial charge is 0.206 e. The Morgan fingerprint density at radius 1 is 1.15 bits per heavy atom. The molecule has 1 aliphatic rings. The van der Waals surface area contributed by atoms with Gasteiger partial charge < -0.3 is 0 Å². The zero-order valence-electron chi connectivity index (χ0n) is 13.7. The lowest BCUT2D eigenvalue weighted by Crippen LogP contribution is -2.38. The second-order valence-corrected chi connectivity index (χ2v) is 10.2. The molecule has 0 radical (unpaired) electrons. The van der Waals surface area contributed by atoms with Crippen LogP contribution in [-0.2, 0) is 10.0 Å². The molecule has 0 spiro atoms. The van der Waals surface area contributed by atoms with E-state index in [1.54, 1.807) is 35.7 Å². The molecule has 2 aromatic heterocycles. The Labute approximate surface area is 159 Å². The van der Waals surface area contributed by atoms with Crippen LogP contribution in [0, 0.1) is 5.82 Å². The van der Waals surface area contributed by atoms with Crippen LogP contribution in [0.25, 0.3) is 10.6 Å². The molecular formula is C17H16FN3O2S3. The lowest BCUT2D eigenvalue weighted by molar-refractivity contribution is 0.315. The van der Waals surface area contributed by atoms with E-state index in [2.05, 4.69) is 10.2 Å². The molecule has 1 fully saturated rings. The highest BCUT2D eigenvalue weighted by Gasteiger charge is 2.33. The second kappa shape index (κ2) is 7.15. The maximum atomic E-state index is 14.0. The molecule has 1 aliphatic heterocycles. The highest BCUT2D eigenvalue weighted by molar-refractivity contribution is 7.91. The van der Waals surface area contributed by atoms with E-state index in [1.165, 1.54) is 33.0 Å². The summed E-state index contributed by atoms with van der Waals surface area (Å²) in [7, 11) is -3.46. The molecule has 1 saturated heterocycles. The van der Waals surface area contributed by atoms with E-state index >= 15 is 0 Å². The van der Waals surface area contributed by atoms with Crippen LogP contribution >= 0.6 is 22.7 Å². The van der Waals surface area contributed by atoms with Crippen molar-refractivity contribution >= 4 is 32.7 Å². The summed E-state index contributed by atoms with van der Waals surface area (Å²) >= 11 is 2.56. The topological polar surface area (TPSA) is 63.2 Å². The van der Waals surface area contributed by atoms with Gasteiger partial charge in [-0.05, 0) is 36.4 Å². The monoisotopic (exact) mass is 409 g/mol.